The summed E-state index contributed by atoms with van der Waals surface area (Å²) in [7, 11) is 0. The van der Waals surface area contributed by atoms with Gasteiger partial charge in [0, 0.05) is 30.5 Å². The molecule has 2 aliphatic rings. The summed E-state index contributed by atoms with van der Waals surface area (Å²) in [5, 5.41) is 26.5. The van der Waals surface area contributed by atoms with Gasteiger partial charge in [0.05, 0.1) is 11.7 Å². The Hall–Kier alpha value is -2.67. The zero-order valence-corrected chi connectivity index (χ0v) is 18.5. The number of amides is 2. The lowest BCUT2D eigenvalue weighted by Crippen LogP contribution is -2.42. The first-order valence-corrected chi connectivity index (χ1v) is 12.0. The summed E-state index contributed by atoms with van der Waals surface area (Å²) in [4.78, 5) is 27.4. The van der Waals surface area contributed by atoms with Crippen LogP contribution in [0.4, 0.5) is 9.80 Å². The van der Waals surface area contributed by atoms with Crippen LogP contribution in [0.25, 0.3) is 6.08 Å². The van der Waals surface area contributed by atoms with Crippen LogP contribution in [0.3, 0.4) is 0 Å². The first kappa shape index (κ1) is 21.6. The second-order valence-electron chi connectivity index (χ2n) is 7.67. The van der Waals surface area contributed by atoms with Crippen molar-refractivity contribution in [1.82, 2.24) is 4.90 Å². The summed E-state index contributed by atoms with van der Waals surface area (Å²) in [6.07, 6.45) is 5.22. The fourth-order valence-electron chi connectivity index (χ4n) is 3.82. The molecule has 2 aromatic heterocycles. The monoisotopic (exact) mass is 457 g/mol. The molecular formula is C22H23N3O4S2. The van der Waals surface area contributed by atoms with Crippen LogP contribution in [0, 0.1) is 11.3 Å². The Kier molecular flexibility index (Phi) is 6.70. The van der Waals surface area contributed by atoms with Gasteiger partial charge in [-0.05, 0) is 59.7 Å². The highest BCUT2D eigenvalue weighted by Gasteiger charge is 2.30. The van der Waals surface area contributed by atoms with Gasteiger partial charge in [0.2, 0.25) is 5.91 Å². The molecule has 1 saturated heterocycles. The molecule has 2 amide bonds. The number of aliphatic hydroxyl groups is 1. The van der Waals surface area contributed by atoms with Crippen LogP contribution in [-0.2, 0) is 22.4 Å². The molecule has 0 aromatic carbocycles. The zero-order chi connectivity index (χ0) is 21.8. The number of carbonyl (C=O) groups is 2. The van der Waals surface area contributed by atoms with Crippen molar-refractivity contribution in [3.05, 3.63) is 44.5 Å². The Morgan fingerprint density at radius 2 is 2.13 bits per heavy atom. The van der Waals surface area contributed by atoms with Crippen LogP contribution in [0.2, 0.25) is 0 Å². The van der Waals surface area contributed by atoms with Gasteiger partial charge in [-0.2, -0.15) is 16.6 Å². The van der Waals surface area contributed by atoms with Crippen molar-refractivity contribution in [1.29, 1.82) is 5.26 Å². The number of piperidine rings is 1. The summed E-state index contributed by atoms with van der Waals surface area (Å²) >= 11 is 2.94. The molecule has 1 fully saturated rings. The molecule has 1 unspecified atom stereocenters. The Bertz CT molecular complexity index is 1010. The summed E-state index contributed by atoms with van der Waals surface area (Å²) in [6.45, 7) is 1.01. The summed E-state index contributed by atoms with van der Waals surface area (Å²) in [6, 6.07) is 4.15. The topological polar surface area (TPSA) is 103 Å². The number of hydrogen-bond donors (Lipinski definition) is 2. The molecule has 1 aliphatic carbocycles. The molecule has 2 N–H and O–H groups in total. The molecular weight excluding hydrogens is 434 g/mol. The van der Waals surface area contributed by atoms with Crippen molar-refractivity contribution in [2.24, 2.45) is 0 Å². The molecule has 0 bridgehead atoms. The number of anilines is 1. The molecule has 9 heteroatoms. The van der Waals surface area contributed by atoms with E-state index >= 15 is 0 Å². The number of likely N-dealkylation sites (tertiary alicyclic amines) is 1. The Labute approximate surface area is 188 Å². The molecule has 162 valence electrons. The second-order valence-corrected chi connectivity index (χ2v) is 9.55. The molecule has 1 atom stereocenters. The van der Waals surface area contributed by atoms with Gasteiger partial charge in [-0.3, -0.25) is 4.79 Å². The molecule has 0 saturated carbocycles. The highest BCUT2D eigenvalue weighted by Crippen LogP contribution is 2.38. The number of carbonyl (C=O) groups excluding carboxylic acids is 2. The molecule has 1 aliphatic heterocycles. The zero-order valence-electron chi connectivity index (χ0n) is 16.9. The van der Waals surface area contributed by atoms with E-state index in [2.05, 4.69) is 11.4 Å². The van der Waals surface area contributed by atoms with E-state index in [1.54, 1.807) is 22.3 Å². The highest BCUT2D eigenvalue weighted by molar-refractivity contribution is 7.16. The van der Waals surface area contributed by atoms with Crippen molar-refractivity contribution >= 4 is 45.8 Å². The fraction of sp³-hybridized carbons (Fsp3) is 0.409. The van der Waals surface area contributed by atoms with E-state index in [4.69, 9.17) is 4.74 Å². The quantitative estimate of drug-likeness (QED) is 0.680. The van der Waals surface area contributed by atoms with E-state index < -0.39 is 0 Å². The lowest BCUT2D eigenvalue weighted by atomic mass is 9.94. The maximum atomic E-state index is 12.4. The van der Waals surface area contributed by atoms with Gasteiger partial charge >= 0.3 is 6.09 Å². The smallest absolute Gasteiger partial charge is 0.410 e. The maximum Gasteiger partial charge on any atom is 0.410 e. The Balaban J connectivity index is 1.39. The van der Waals surface area contributed by atoms with Crippen molar-refractivity contribution in [2.75, 3.05) is 18.4 Å². The number of aliphatic hydroxyl groups excluding tert-OH is 1. The molecule has 7 nitrogen and oxygen atoms in total. The number of hydrogen-bond acceptors (Lipinski definition) is 7. The van der Waals surface area contributed by atoms with Crippen LogP contribution >= 0.6 is 22.7 Å². The maximum absolute atomic E-state index is 12.4. The van der Waals surface area contributed by atoms with Gasteiger partial charge in [-0.25, -0.2) is 4.79 Å². The van der Waals surface area contributed by atoms with Gasteiger partial charge < -0.3 is 20.1 Å². The third kappa shape index (κ3) is 5.15. The first-order chi connectivity index (χ1) is 15.0. The normalized spacial score (nSPS) is 19.1. The van der Waals surface area contributed by atoms with Gasteiger partial charge in [0.15, 0.2) is 0 Å². The van der Waals surface area contributed by atoms with Crippen molar-refractivity contribution in [3.8, 4) is 6.07 Å². The van der Waals surface area contributed by atoms with E-state index in [0.29, 0.717) is 55.8 Å². The van der Waals surface area contributed by atoms with Crippen LogP contribution < -0.4 is 5.32 Å². The van der Waals surface area contributed by atoms with Gasteiger partial charge in [-0.1, -0.05) is 0 Å². The number of nitriles is 1. The predicted octanol–water partition coefficient (Wildman–Crippen LogP) is 3.78. The third-order valence-corrected chi connectivity index (χ3v) is 7.40. The minimum atomic E-state index is -0.343. The van der Waals surface area contributed by atoms with E-state index in [9.17, 15) is 20.0 Å². The van der Waals surface area contributed by atoms with Gasteiger partial charge in [0.1, 0.15) is 17.2 Å². The first-order valence-electron chi connectivity index (χ1n) is 10.2. The summed E-state index contributed by atoms with van der Waals surface area (Å²) < 4.78 is 5.70. The predicted molar refractivity (Wildman–Crippen MR) is 120 cm³/mol. The van der Waals surface area contributed by atoms with Crippen molar-refractivity contribution in [3.63, 3.8) is 0 Å². The van der Waals surface area contributed by atoms with E-state index in [0.717, 1.165) is 16.0 Å². The largest absolute Gasteiger partial charge is 0.446 e. The molecule has 31 heavy (non-hydrogen) atoms. The van der Waals surface area contributed by atoms with Crippen molar-refractivity contribution < 1.29 is 19.4 Å². The second kappa shape index (κ2) is 9.64. The lowest BCUT2D eigenvalue weighted by Gasteiger charge is -2.31. The number of nitrogens with one attached hydrogen (secondary N) is 1. The molecule has 4 rings (SSSR count). The molecule has 3 heterocycles. The van der Waals surface area contributed by atoms with Crippen LogP contribution in [0.15, 0.2) is 22.9 Å². The number of fused-ring (bicyclic) bond motifs is 1. The van der Waals surface area contributed by atoms with Gasteiger partial charge in [-0.15, -0.1) is 11.3 Å². The van der Waals surface area contributed by atoms with Gasteiger partial charge in [0.25, 0.3) is 0 Å². The van der Waals surface area contributed by atoms with E-state index in [1.807, 2.05) is 16.8 Å². The summed E-state index contributed by atoms with van der Waals surface area (Å²) in [5.74, 6) is -0.281. The van der Waals surface area contributed by atoms with Crippen LogP contribution in [0.1, 0.15) is 40.8 Å². The Morgan fingerprint density at radius 1 is 1.32 bits per heavy atom. The SMILES string of the molecule is N#Cc1c(NC(=O)C=Cc2ccsc2)sc2c1CCC(OC(=O)N1CCC(O)CC1)C2. The number of nitrogens with zero attached hydrogens (tertiary/aromatic N) is 2. The standard InChI is InChI=1S/C22H23N3O4S2/c23-12-18-17-3-2-16(29-22(28)25-8-5-15(26)6-9-25)11-19(17)31-21(18)24-20(27)4-1-14-7-10-30-13-14/h1,4,7,10,13,15-16,26H,2-3,5-6,8-9,11H2,(H,24,27). The minimum Gasteiger partial charge on any atom is -0.446 e. The minimum absolute atomic E-state index is 0.251. The fourth-order valence-corrected chi connectivity index (χ4v) is 5.72. The molecule has 0 spiro atoms. The average Bonchev–Trinajstić information content (AvgIpc) is 3.39. The van der Waals surface area contributed by atoms with E-state index in [-0.39, 0.29) is 24.2 Å². The third-order valence-electron chi connectivity index (χ3n) is 5.53. The number of ether oxygens (including phenoxy) is 1. The Morgan fingerprint density at radius 3 is 2.84 bits per heavy atom. The summed E-state index contributed by atoms with van der Waals surface area (Å²) in [5.41, 5.74) is 2.41. The average molecular weight is 458 g/mol. The van der Waals surface area contributed by atoms with Crippen molar-refractivity contribution in [2.45, 2.75) is 44.3 Å². The van der Waals surface area contributed by atoms with E-state index in [1.165, 1.54) is 17.4 Å². The van der Waals surface area contributed by atoms with Crippen LogP contribution in [-0.4, -0.2) is 47.3 Å². The lowest BCUT2D eigenvalue weighted by molar-refractivity contribution is -0.111. The van der Waals surface area contributed by atoms with Crippen LogP contribution in [0.5, 0.6) is 0 Å². The molecule has 0 radical (unpaired) electrons. The number of rotatable bonds is 4. The highest BCUT2D eigenvalue weighted by atomic mass is 32.1. The molecule has 2 aromatic rings. The number of thiophene rings is 2.